The maximum atomic E-state index is 12.8. The van der Waals surface area contributed by atoms with E-state index in [0.717, 1.165) is 25.0 Å². The van der Waals surface area contributed by atoms with Crippen LogP contribution in [-0.4, -0.2) is 46.3 Å². The number of carbonyl (C=O) groups excluding carboxylic acids is 1. The second-order valence-electron chi connectivity index (χ2n) is 8.14. The highest BCUT2D eigenvalue weighted by Gasteiger charge is 2.34. The van der Waals surface area contributed by atoms with Crippen molar-refractivity contribution in [1.29, 1.82) is 0 Å². The van der Waals surface area contributed by atoms with Gasteiger partial charge in [0.1, 0.15) is 5.82 Å². The van der Waals surface area contributed by atoms with Crippen LogP contribution in [0.25, 0.3) is 0 Å². The Kier molecular flexibility index (Phi) is 5.52. The maximum absolute atomic E-state index is 12.8. The van der Waals surface area contributed by atoms with E-state index in [1.165, 1.54) is 15.4 Å². The lowest BCUT2D eigenvalue weighted by atomic mass is 9.93. The van der Waals surface area contributed by atoms with Crippen LogP contribution in [0.5, 0.6) is 0 Å². The summed E-state index contributed by atoms with van der Waals surface area (Å²) < 4.78 is 28.7. The second kappa shape index (κ2) is 7.81. The number of rotatable bonds is 4. The molecule has 10 heteroatoms. The van der Waals surface area contributed by atoms with Crippen molar-refractivity contribution in [3.05, 3.63) is 22.6 Å². The van der Waals surface area contributed by atoms with Gasteiger partial charge in [0.25, 0.3) is 10.0 Å². The van der Waals surface area contributed by atoms with Crippen LogP contribution in [0.4, 0.5) is 5.13 Å². The molecule has 2 aromatic heterocycles. The monoisotopic (exact) mass is 437 g/mol. The molecule has 1 amide bonds. The molecule has 2 aliphatic rings. The van der Waals surface area contributed by atoms with Crippen molar-refractivity contribution in [2.24, 2.45) is 18.9 Å². The van der Waals surface area contributed by atoms with E-state index in [0.29, 0.717) is 42.8 Å². The SMILES string of the molecule is Cc1nc(S(=O)(=O)N2CCC(C(=O)Nc3nc4c(s3)CC(C)CC4)CC2)cn1C. The summed E-state index contributed by atoms with van der Waals surface area (Å²) in [4.78, 5) is 22.7. The number of carbonyl (C=O) groups is 1. The highest BCUT2D eigenvalue weighted by molar-refractivity contribution is 7.89. The van der Waals surface area contributed by atoms with E-state index >= 15 is 0 Å². The molecule has 1 atom stereocenters. The molecule has 1 N–H and O–H groups in total. The first kappa shape index (κ1) is 20.5. The molecule has 1 aliphatic heterocycles. The van der Waals surface area contributed by atoms with Crippen LogP contribution in [0.15, 0.2) is 11.2 Å². The Labute approximate surface area is 175 Å². The van der Waals surface area contributed by atoms with Gasteiger partial charge in [-0.2, -0.15) is 4.31 Å². The van der Waals surface area contributed by atoms with Gasteiger partial charge in [0, 0.05) is 37.1 Å². The highest BCUT2D eigenvalue weighted by atomic mass is 32.2. The van der Waals surface area contributed by atoms with E-state index in [2.05, 4.69) is 22.2 Å². The van der Waals surface area contributed by atoms with Crippen LogP contribution in [0.2, 0.25) is 0 Å². The summed E-state index contributed by atoms with van der Waals surface area (Å²) in [7, 11) is -1.85. The summed E-state index contributed by atoms with van der Waals surface area (Å²) in [6.45, 7) is 4.66. The Balaban J connectivity index is 1.36. The molecule has 1 fully saturated rings. The van der Waals surface area contributed by atoms with Crippen LogP contribution in [0.3, 0.4) is 0 Å². The molecule has 158 valence electrons. The Morgan fingerprint density at radius 3 is 2.62 bits per heavy atom. The predicted octanol–water partition coefficient (Wildman–Crippen LogP) is 2.35. The van der Waals surface area contributed by atoms with Crippen molar-refractivity contribution >= 4 is 32.4 Å². The van der Waals surface area contributed by atoms with Gasteiger partial charge in [-0.1, -0.05) is 6.92 Å². The molecule has 0 saturated carbocycles. The summed E-state index contributed by atoms with van der Waals surface area (Å²) >= 11 is 1.58. The average Bonchev–Trinajstić information content (AvgIpc) is 3.24. The number of amides is 1. The van der Waals surface area contributed by atoms with Crippen molar-refractivity contribution in [2.75, 3.05) is 18.4 Å². The van der Waals surface area contributed by atoms with Crippen LogP contribution < -0.4 is 5.32 Å². The van der Waals surface area contributed by atoms with Crippen molar-refractivity contribution < 1.29 is 13.2 Å². The minimum absolute atomic E-state index is 0.0603. The molecule has 8 nitrogen and oxygen atoms in total. The number of piperidine rings is 1. The number of anilines is 1. The van der Waals surface area contributed by atoms with E-state index < -0.39 is 10.0 Å². The van der Waals surface area contributed by atoms with Gasteiger partial charge in [-0.05, 0) is 44.9 Å². The Morgan fingerprint density at radius 1 is 1.24 bits per heavy atom. The zero-order valence-corrected chi connectivity index (χ0v) is 18.6. The maximum Gasteiger partial charge on any atom is 0.262 e. The fourth-order valence-corrected chi connectivity index (χ4v) is 6.61. The first-order valence-electron chi connectivity index (χ1n) is 10.0. The zero-order valence-electron chi connectivity index (χ0n) is 17.0. The van der Waals surface area contributed by atoms with Gasteiger partial charge >= 0.3 is 0 Å². The van der Waals surface area contributed by atoms with Gasteiger partial charge in [-0.15, -0.1) is 11.3 Å². The number of nitrogens with one attached hydrogen (secondary N) is 1. The molecular formula is C19H27N5O3S2. The number of fused-ring (bicyclic) bond motifs is 1. The average molecular weight is 438 g/mol. The number of hydrogen-bond acceptors (Lipinski definition) is 6. The minimum Gasteiger partial charge on any atom is -0.337 e. The Morgan fingerprint density at radius 2 is 1.97 bits per heavy atom. The van der Waals surface area contributed by atoms with E-state index in [1.54, 1.807) is 29.9 Å². The van der Waals surface area contributed by atoms with Gasteiger partial charge in [0.15, 0.2) is 10.2 Å². The minimum atomic E-state index is -3.62. The van der Waals surface area contributed by atoms with Crippen molar-refractivity contribution in [1.82, 2.24) is 18.8 Å². The van der Waals surface area contributed by atoms with Crippen molar-refractivity contribution in [3.63, 3.8) is 0 Å². The van der Waals surface area contributed by atoms with Gasteiger partial charge in [-0.25, -0.2) is 18.4 Å². The van der Waals surface area contributed by atoms with Crippen LogP contribution in [0, 0.1) is 18.8 Å². The lowest BCUT2D eigenvalue weighted by molar-refractivity contribution is -0.120. The van der Waals surface area contributed by atoms with Crippen molar-refractivity contribution in [2.45, 2.75) is 51.0 Å². The molecule has 4 rings (SSSR count). The van der Waals surface area contributed by atoms with Crippen molar-refractivity contribution in [3.8, 4) is 0 Å². The highest BCUT2D eigenvalue weighted by Crippen LogP contribution is 2.33. The summed E-state index contributed by atoms with van der Waals surface area (Å²) in [5, 5.41) is 3.71. The molecule has 0 spiro atoms. The molecule has 1 saturated heterocycles. The quantitative estimate of drug-likeness (QED) is 0.792. The summed E-state index contributed by atoms with van der Waals surface area (Å²) in [5.41, 5.74) is 1.12. The normalized spacial score (nSPS) is 21.1. The second-order valence-corrected chi connectivity index (χ2v) is 11.1. The number of aromatic nitrogens is 3. The smallest absolute Gasteiger partial charge is 0.262 e. The number of sulfonamides is 1. The van der Waals surface area contributed by atoms with Crippen LogP contribution in [0.1, 0.15) is 42.6 Å². The van der Waals surface area contributed by atoms with Crippen LogP contribution >= 0.6 is 11.3 Å². The Hall–Kier alpha value is -1.78. The van der Waals surface area contributed by atoms with E-state index in [-0.39, 0.29) is 16.9 Å². The van der Waals surface area contributed by atoms with E-state index in [4.69, 9.17) is 0 Å². The third-order valence-corrected chi connectivity index (χ3v) is 8.74. The first-order valence-corrected chi connectivity index (χ1v) is 12.3. The Bertz CT molecular complexity index is 999. The number of hydrogen-bond donors (Lipinski definition) is 1. The van der Waals surface area contributed by atoms with Gasteiger partial charge in [0.05, 0.1) is 5.69 Å². The number of imidazole rings is 1. The number of thiazole rings is 1. The molecule has 0 aromatic carbocycles. The summed E-state index contributed by atoms with van der Waals surface area (Å²) in [5.74, 6) is 1.06. The topological polar surface area (TPSA) is 97.2 Å². The zero-order chi connectivity index (χ0) is 20.8. The molecule has 0 bridgehead atoms. The number of nitrogens with zero attached hydrogens (tertiary/aromatic N) is 4. The van der Waals surface area contributed by atoms with Gasteiger partial charge in [-0.3, -0.25) is 4.79 Å². The lowest BCUT2D eigenvalue weighted by Gasteiger charge is -2.29. The lowest BCUT2D eigenvalue weighted by Crippen LogP contribution is -2.41. The molecule has 3 heterocycles. The summed E-state index contributed by atoms with van der Waals surface area (Å²) in [6, 6.07) is 0. The third kappa shape index (κ3) is 4.10. The standard InChI is InChI=1S/C19H27N5O3S2/c1-12-4-5-15-16(10-12)28-19(21-15)22-18(25)14-6-8-24(9-7-14)29(26,27)17-11-23(3)13(2)20-17/h11-12,14H,4-10H2,1-3H3,(H,21,22,25). The molecular weight excluding hydrogens is 410 g/mol. The third-order valence-electron chi connectivity index (χ3n) is 5.93. The largest absolute Gasteiger partial charge is 0.337 e. The molecule has 2 aromatic rings. The van der Waals surface area contributed by atoms with Gasteiger partial charge in [0.2, 0.25) is 5.91 Å². The van der Waals surface area contributed by atoms with Gasteiger partial charge < -0.3 is 9.88 Å². The fourth-order valence-electron chi connectivity index (χ4n) is 3.94. The van der Waals surface area contributed by atoms with E-state index in [9.17, 15) is 13.2 Å². The molecule has 29 heavy (non-hydrogen) atoms. The predicted molar refractivity (Wildman–Crippen MR) is 111 cm³/mol. The van der Waals surface area contributed by atoms with Crippen LogP contribution in [-0.2, 0) is 34.7 Å². The number of aryl methyl sites for hydroxylation is 3. The summed E-state index contributed by atoms with van der Waals surface area (Å²) in [6.07, 6.45) is 5.69. The fraction of sp³-hybridized carbons (Fsp3) is 0.632. The molecule has 1 aliphatic carbocycles. The molecule has 1 unspecified atom stereocenters. The van der Waals surface area contributed by atoms with E-state index in [1.807, 2.05) is 0 Å². The molecule has 0 radical (unpaired) electrons. The first-order chi connectivity index (χ1) is 13.7.